The number of halogens is 2. The zero-order valence-electron chi connectivity index (χ0n) is 17.4. The average molecular weight is 440 g/mol. The molecule has 11 heteroatoms. The van der Waals surface area contributed by atoms with Crippen LogP contribution in [0.1, 0.15) is 36.2 Å². The number of aromatic nitrogens is 5. The van der Waals surface area contributed by atoms with E-state index in [0.29, 0.717) is 38.4 Å². The zero-order chi connectivity index (χ0) is 21.8. The fraction of sp³-hybridized carbons (Fsp3) is 0.476. The third-order valence-electron chi connectivity index (χ3n) is 6.62. The van der Waals surface area contributed by atoms with Crippen LogP contribution < -0.4 is 9.80 Å². The van der Waals surface area contributed by atoms with Gasteiger partial charge in [0, 0.05) is 56.0 Å². The molecule has 166 valence electrons. The van der Waals surface area contributed by atoms with E-state index >= 15 is 0 Å². The maximum atomic E-state index is 13.1. The molecule has 0 aliphatic carbocycles. The Morgan fingerprint density at radius 1 is 1.19 bits per heavy atom. The molecule has 0 saturated carbocycles. The molecule has 0 unspecified atom stereocenters. The molecule has 0 aromatic carbocycles. The molecule has 0 spiro atoms. The number of carbonyl (C=O) groups excluding carboxylic acids is 1. The fourth-order valence-electron chi connectivity index (χ4n) is 4.70. The van der Waals surface area contributed by atoms with E-state index in [1.807, 2.05) is 14.2 Å². The first-order valence-electron chi connectivity index (χ1n) is 10.8. The molecule has 3 aromatic heterocycles. The van der Waals surface area contributed by atoms with Gasteiger partial charge in [-0.25, -0.2) is 8.78 Å². The Bertz CT molecular complexity index is 1190. The van der Waals surface area contributed by atoms with Crippen molar-refractivity contribution >= 4 is 23.2 Å². The number of hydrogen-bond acceptors (Lipinski definition) is 7. The summed E-state index contributed by atoms with van der Waals surface area (Å²) < 4.78 is 27.7. The van der Waals surface area contributed by atoms with E-state index in [1.165, 1.54) is 12.3 Å². The molecular weight excluding hydrogens is 418 g/mol. The number of fused-ring (bicyclic) bond motifs is 3. The van der Waals surface area contributed by atoms with E-state index < -0.39 is 6.43 Å². The van der Waals surface area contributed by atoms with Crippen molar-refractivity contribution < 1.29 is 13.6 Å². The minimum atomic E-state index is -2.58. The Morgan fingerprint density at radius 2 is 2.03 bits per heavy atom. The second-order valence-electron chi connectivity index (χ2n) is 8.67. The van der Waals surface area contributed by atoms with Gasteiger partial charge in [0.2, 0.25) is 5.91 Å². The normalized spacial score (nSPS) is 18.3. The average Bonchev–Trinajstić information content (AvgIpc) is 3.35. The van der Waals surface area contributed by atoms with Crippen molar-refractivity contribution in [2.24, 2.45) is 5.92 Å². The maximum Gasteiger partial charge on any atom is 0.280 e. The summed E-state index contributed by atoms with van der Waals surface area (Å²) in [5.74, 6) is 1.79. The van der Waals surface area contributed by atoms with Crippen LogP contribution in [0.15, 0.2) is 24.7 Å². The van der Waals surface area contributed by atoms with Crippen molar-refractivity contribution in [1.82, 2.24) is 29.5 Å². The molecule has 0 atom stereocenters. The van der Waals surface area contributed by atoms with Crippen LogP contribution in [0.3, 0.4) is 0 Å². The highest BCUT2D eigenvalue weighted by molar-refractivity contribution is 5.78. The van der Waals surface area contributed by atoms with Crippen LogP contribution in [0.5, 0.6) is 0 Å². The van der Waals surface area contributed by atoms with E-state index in [9.17, 15) is 13.6 Å². The molecule has 1 amide bonds. The number of amides is 1. The lowest BCUT2D eigenvalue weighted by Crippen LogP contribution is -2.48. The number of carbonyl (C=O) groups is 1. The van der Waals surface area contributed by atoms with Gasteiger partial charge < -0.3 is 14.7 Å². The lowest BCUT2D eigenvalue weighted by Gasteiger charge is -2.41. The predicted molar refractivity (Wildman–Crippen MR) is 111 cm³/mol. The van der Waals surface area contributed by atoms with Crippen molar-refractivity contribution in [3.8, 4) is 0 Å². The molecule has 6 heterocycles. The number of hydrogen-bond donors (Lipinski definition) is 0. The van der Waals surface area contributed by atoms with Gasteiger partial charge in [-0.3, -0.25) is 14.2 Å². The molecule has 3 aromatic rings. The maximum absolute atomic E-state index is 13.1. The largest absolute Gasteiger partial charge is 0.371 e. The van der Waals surface area contributed by atoms with Gasteiger partial charge in [-0.1, -0.05) is 0 Å². The summed E-state index contributed by atoms with van der Waals surface area (Å²) in [4.78, 5) is 27.6. The molecule has 3 aliphatic heterocycles. The summed E-state index contributed by atoms with van der Waals surface area (Å²) in [7, 11) is 0. The molecule has 32 heavy (non-hydrogen) atoms. The number of rotatable bonds is 5. The van der Waals surface area contributed by atoms with Gasteiger partial charge in [-0.05, 0) is 18.6 Å². The lowest BCUT2D eigenvalue weighted by atomic mass is 9.95. The summed E-state index contributed by atoms with van der Waals surface area (Å²) in [6.07, 6.45) is 2.06. The SMILES string of the molecule is O=C(CC1CN(c2ccnc(C(F)F)c2)C1)N1Cc2c(N3CCC3)nc3nncn3c2C1. The molecule has 3 aliphatic rings. The van der Waals surface area contributed by atoms with Gasteiger partial charge in [-0.2, -0.15) is 4.98 Å². The number of pyridine rings is 1. The smallest absolute Gasteiger partial charge is 0.280 e. The Kier molecular flexibility index (Phi) is 4.44. The molecular formula is C21H22F2N8O. The Labute approximate surface area is 182 Å². The van der Waals surface area contributed by atoms with Gasteiger partial charge in [-0.15, -0.1) is 10.2 Å². The van der Waals surface area contributed by atoms with Crippen LogP contribution in [0.4, 0.5) is 20.3 Å². The van der Waals surface area contributed by atoms with Crippen LogP contribution in [0.2, 0.25) is 0 Å². The number of nitrogens with zero attached hydrogens (tertiary/aromatic N) is 8. The van der Waals surface area contributed by atoms with Crippen LogP contribution in [0.25, 0.3) is 5.78 Å². The second kappa shape index (κ2) is 7.35. The lowest BCUT2D eigenvalue weighted by molar-refractivity contribution is -0.133. The van der Waals surface area contributed by atoms with Crippen molar-refractivity contribution in [1.29, 1.82) is 0 Å². The Balaban J connectivity index is 1.13. The van der Waals surface area contributed by atoms with Crippen LogP contribution in [-0.2, 0) is 17.9 Å². The molecule has 6 rings (SSSR count). The third kappa shape index (κ3) is 3.14. The Morgan fingerprint density at radius 3 is 2.78 bits per heavy atom. The standard InChI is InChI=1S/C21H22F2N8O/c22-19(23)16-7-14(2-3-24-16)29-8-13(9-29)6-18(32)30-10-15-17(11-30)31-12-25-27-21(31)26-20(15)28-4-1-5-28/h2-3,7,12-13,19H,1,4-6,8-11H2. The van der Waals surface area contributed by atoms with Gasteiger partial charge in [0.15, 0.2) is 0 Å². The minimum absolute atomic E-state index is 0.102. The van der Waals surface area contributed by atoms with Gasteiger partial charge in [0.25, 0.3) is 12.2 Å². The highest BCUT2D eigenvalue weighted by Crippen LogP contribution is 2.34. The summed E-state index contributed by atoms with van der Waals surface area (Å²) in [5.41, 5.74) is 2.62. The second-order valence-corrected chi connectivity index (χ2v) is 8.67. The third-order valence-corrected chi connectivity index (χ3v) is 6.62. The summed E-state index contributed by atoms with van der Waals surface area (Å²) in [6.45, 7) is 4.35. The first-order chi connectivity index (χ1) is 15.6. The first kappa shape index (κ1) is 19.3. The van der Waals surface area contributed by atoms with Gasteiger partial charge in [0.1, 0.15) is 17.8 Å². The van der Waals surface area contributed by atoms with E-state index in [4.69, 9.17) is 0 Å². The van der Waals surface area contributed by atoms with Crippen molar-refractivity contribution in [3.05, 3.63) is 41.6 Å². The molecule has 2 saturated heterocycles. The van der Waals surface area contributed by atoms with Crippen LogP contribution in [-0.4, -0.2) is 61.6 Å². The Hall–Kier alpha value is -3.37. The van der Waals surface area contributed by atoms with E-state index in [1.54, 1.807) is 12.4 Å². The predicted octanol–water partition coefficient (Wildman–Crippen LogP) is 2.04. The molecule has 9 nitrogen and oxygen atoms in total. The monoisotopic (exact) mass is 440 g/mol. The zero-order valence-corrected chi connectivity index (χ0v) is 17.4. The van der Waals surface area contributed by atoms with E-state index in [-0.39, 0.29) is 17.5 Å². The molecule has 0 N–H and O–H groups in total. The van der Waals surface area contributed by atoms with E-state index in [2.05, 4.69) is 25.1 Å². The number of alkyl halides is 2. The van der Waals surface area contributed by atoms with Crippen molar-refractivity contribution in [2.75, 3.05) is 36.0 Å². The highest BCUT2D eigenvalue weighted by atomic mass is 19.3. The molecule has 2 fully saturated rings. The van der Waals surface area contributed by atoms with Crippen molar-refractivity contribution in [3.63, 3.8) is 0 Å². The minimum Gasteiger partial charge on any atom is -0.371 e. The fourth-order valence-corrected chi connectivity index (χ4v) is 4.70. The summed E-state index contributed by atoms with van der Waals surface area (Å²) in [6, 6.07) is 3.16. The highest BCUT2D eigenvalue weighted by Gasteiger charge is 2.35. The van der Waals surface area contributed by atoms with Gasteiger partial charge in [0.05, 0.1) is 18.8 Å². The topological polar surface area (TPSA) is 82.8 Å². The van der Waals surface area contributed by atoms with Crippen LogP contribution >= 0.6 is 0 Å². The van der Waals surface area contributed by atoms with Crippen molar-refractivity contribution in [2.45, 2.75) is 32.4 Å². The first-order valence-corrected chi connectivity index (χ1v) is 10.8. The summed E-state index contributed by atoms with van der Waals surface area (Å²) in [5, 5.41) is 8.10. The van der Waals surface area contributed by atoms with Gasteiger partial charge >= 0.3 is 0 Å². The quantitative estimate of drug-likeness (QED) is 0.600. The molecule has 0 bridgehead atoms. The summed E-state index contributed by atoms with van der Waals surface area (Å²) >= 11 is 0. The van der Waals surface area contributed by atoms with E-state index in [0.717, 1.165) is 42.3 Å². The number of anilines is 2. The van der Waals surface area contributed by atoms with Crippen LogP contribution in [0, 0.1) is 5.92 Å². The molecule has 0 radical (unpaired) electrons.